The van der Waals surface area contributed by atoms with Gasteiger partial charge < -0.3 is 15.0 Å². The topological polar surface area (TPSA) is 58.6 Å². The predicted molar refractivity (Wildman–Crippen MR) is 73.9 cm³/mol. The Morgan fingerprint density at radius 3 is 2.65 bits per heavy atom. The van der Waals surface area contributed by atoms with Crippen LogP contribution in [0.1, 0.15) is 5.56 Å². The molecule has 1 atom stereocenters. The Balaban J connectivity index is 2.13. The lowest BCUT2D eigenvalue weighted by atomic mass is 10.1. The molecule has 1 aliphatic rings. The van der Waals surface area contributed by atoms with Crippen LogP contribution in [0.25, 0.3) is 0 Å². The van der Waals surface area contributed by atoms with E-state index in [1.165, 1.54) is 23.1 Å². The fraction of sp³-hybridized carbons (Fsp3) is 0.429. The third-order valence-electron chi connectivity index (χ3n) is 3.26. The van der Waals surface area contributed by atoms with Gasteiger partial charge in [-0.05, 0) is 30.7 Å². The second kappa shape index (κ2) is 6.53. The number of hydrogen-bond acceptors (Lipinski definition) is 3. The molecule has 23 heavy (non-hydrogen) atoms. The summed E-state index contributed by atoms with van der Waals surface area (Å²) in [6.07, 6.45) is -8.84. The highest BCUT2D eigenvalue weighted by atomic mass is 19.4. The lowest BCUT2D eigenvalue weighted by Crippen LogP contribution is -2.42. The standard InChI is InChI=1S/C14H14F4N2O3/c1-8-6-9(19-13(22)12(15)14(16,17)18)2-3-10(8)20-4-5-23-7-11(20)21/h2-3,6,12H,4-5,7H2,1H3,(H,19,22). The van der Waals surface area contributed by atoms with E-state index in [9.17, 15) is 27.2 Å². The average Bonchev–Trinajstić information content (AvgIpc) is 2.46. The first kappa shape index (κ1) is 17.2. The number of benzene rings is 1. The first-order chi connectivity index (χ1) is 10.7. The Bertz CT molecular complexity index is 619. The summed E-state index contributed by atoms with van der Waals surface area (Å²) in [5, 5.41) is 1.87. The number of carbonyl (C=O) groups is 2. The van der Waals surface area contributed by atoms with E-state index in [0.29, 0.717) is 24.4 Å². The zero-order valence-electron chi connectivity index (χ0n) is 12.1. The van der Waals surface area contributed by atoms with E-state index in [1.54, 1.807) is 6.92 Å². The van der Waals surface area contributed by atoms with Crippen molar-refractivity contribution in [2.75, 3.05) is 30.0 Å². The maximum atomic E-state index is 12.9. The van der Waals surface area contributed by atoms with Crippen LogP contribution in [0.5, 0.6) is 0 Å². The van der Waals surface area contributed by atoms with Crippen LogP contribution in [0.4, 0.5) is 28.9 Å². The molecule has 1 fully saturated rings. The normalized spacial score (nSPS) is 17.1. The van der Waals surface area contributed by atoms with Crippen molar-refractivity contribution in [1.82, 2.24) is 0 Å². The Labute approximate surface area is 129 Å². The van der Waals surface area contributed by atoms with Crippen molar-refractivity contribution in [3.8, 4) is 0 Å². The number of alkyl halides is 4. The molecule has 0 aliphatic carbocycles. The van der Waals surface area contributed by atoms with E-state index in [0.717, 1.165) is 0 Å². The molecule has 0 aromatic heterocycles. The molecule has 0 saturated carbocycles. The number of anilines is 2. The molecule has 126 valence electrons. The molecule has 5 nitrogen and oxygen atoms in total. The van der Waals surface area contributed by atoms with Gasteiger partial charge in [0.2, 0.25) is 0 Å². The minimum absolute atomic E-state index is 0.0175. The third-order valence-corrected chi connectivity index (χ3v) is 3.26. The maximum absolute atomic E-state index is 12.9. The van der Waals surface area contributed by atoms with Gasteiger partial charge in [0.25, 0.3) is 18.0 Å². The lowest BCUT2D eigenvalue weighted by Gasteiger charge is -2.28. The molecule has 0 bridgehead atoms. The minimum Gasteiger partial charge on any atom is -0.370 e. The summed E-state index contributed by atoms with van der Waals surface area (Å²) >= 11 is 0. The zero-order chi connectivity index (χ0) is 17.2. The molecule has 1 unspecified atom stereocenters. The molecule has 1 heterocycles. The largest absolute Gasteiger partial charge is 0.428 e. The van der Waals surface area contributed by atoms with Crippen molar-refractivity contribution in [3.05, 3.63) is 23.8 Å². The van der Waals surface area contributed by atoms with Crippen LogP contribution in [0.3, 0.4) is 0 Å². The van der Waals surface area contributed by atoms with Crippen LogP contribution in [0, 0.1) is 6.92 Å². The van der Waals surface area contributed by atoms with E-state index < -0.39 is 18.3 Å². The van der Waals surface area contributed by atoms with Crippen LogP contribution in [-0.4, -0.2) is 43.9 Å². The van der Waals surface area contributed by atoms with Gasteiger partial charge in [0, 0.05) is 17.9 Å². The third kappa shape index (κ3) is 3.98. The summed E-state index contributed by atoms with van der Waals surface area (Å²) < 4.78 is 54.3. The average molecular weight is 334 g/mol. The van der Waals surface area contributed by atoms with Crippen LogP contribution >= 0.6 is 0 Å². The Hall–Kier alpha value is -2.16. The van der Waals surface area contributed by atoms with Crippen LogP contribution in [-0.2, 0) is 14.3 Å². The first-order valence-corrected chi connectivity index (χ1v) is 6.70. The van der Waals surface area contributed by atoms with Gasteiger partial charge in [0.05, 0.1) is 6.61 Å². The van der Waals surface area contributed by atoms with Gasteiger partial charge in [-0.3, -0.25) is 9.59 Å². The number of ether oxygens (including phenoxy) is 1. The summed E-state index contributed by atoms with van der Waals surface area (Å²) in [5.41, 5.74) is 1.13. The summed E-state index contributed by atoms with van der Waals surface area (Å²) in [4.78, 5) is 24.5. The van der Waals surface area contributed by atoms with Gasteiger partial charge in [-0.15, -0.1) is 0 Å². The number of nitrogens with one attached hydrogen (secondary N) is 1. The van der Waals surface area contributed by atoms with Crippen LogP contribution in [0.15, 0.2) is 18.2 Å². The molecular weight excluding hydrogens is 320 g/mol. The van der Waals surface area contributed by atoms with Crippen LogP contribution < -0.4 is 10.2 Å². The molecule has 2 rings (SSSR count). The summed E-state index contributed by atoms with van der Waals surface area (Å²) in [6.45, 7) is 2.31. The van der Waals surface area contributed by atoms with Gasteiger partial charge in [-0.2, -0.15) is 13.2 Å². The van der Waals surface area contributed by atoms with E-state index in [-0.39, 0.29) is 18.2 Å². The number of hydrogen-bond donors (Lipinski definition) is 1. The van der Waals surface area contributed by atoms with E-state index in [1.807, 2.05) is 5.32 Å². The van der Waals surface area contributed by atoms with Crippen LogP contribution in [0.2, 0.25) is 0 Å². The Morgan fingerprint density at radius 2 is 2.09 bits per heavy atom. The number of morpholine rings is 1. The van der Waals surface area contributed by atoms with E-state index in [2.05, 4.69) is 0 Å². The maximum Gasteiger partial charge on any atom is 0.428 e. The molecule has 0 radical (unpaired) electrons. The molecule has 0 spiro atoms. The van der Waals surface area contributed by atoms with Crippen molar-refractivity contribution in [2.45, 2.75) is 19.3 Å². The first-order valence-electron chi connectivity index (χ1n) is 6.70. The molecule has 1 saturated heterocycles. The second-order valence-corrected chi connectivity index (χ2v) is 4.99. The molecule has 1 N–H and O–H groups in total. The molecule has 1 aromatic rings. The van der Waals surface area contributed by atoms with Crippen molar-refractivity contribution < 1.29 is 31.9 Å². The van der Waals surface area contributed by atoms with Gasteiger partial charge in [-0.25, -0.2) is 4.39 Å². The number of carbonyl (C=O) groups excluding carboxylic acids is 2. The zero-order valence-corrected chi connectivity index (χ0v) is 12.1. The number of nitrogens with zero attached hydrogens (tertiary/aromatic N) is 1. The summed E-state index contributed by atoms with van der Waals surface area (Å²) in [6, 6.07) is 4.17. The van der Waals surface area contributed by atoms with E-state index >= 15 is 0 Å². The molecular formula is C14H14F4N2O3. The number of amides is 2. The second-order valence-electron chi connectivity index (χ2n) is 4.99. The van der Waals surface area contributed by atoms with Gasteiger partial charge >= 0.3 is 6.18 Å². The fourth-order valence-electron chi connectivity index (χ4n) is 2.16. The molecule has 1 aliphatic heterocycles. The van der Waals surface area contributed by atoms with Gasteiger partial charge in [-0.1, -0.05) is 0 Å². The van der Waals surface area contributed by atoms with Crippen molar-refractivity contribution >= 4 is 23.2 Å². The number of halogens is 4. The van der Waals surface area contributed by atoms with Gasteiger partial charge in [0.15, 0.2) is 0 Å². The SMILES string of the molecule is Cc1cc(NC(=O)C(F)C(F)(F)F)ccc1N1CCOCC1=O. The van der Waals surface area contributed by atoms with Gasteiger partial charge in [0.1, 0.15) is 6.61 Å². The minimum atomic E-state index is -5.25. The smallest absolute Gasteiger partial charge is 0.370 e. The number of rotatable bonds is 3. The number of aryl methyl sites for hydroxylation is 1. The molecule has 2 amide bonds. The van der Waals surface area contributed by atoms with Crippen molar-refractivity contribution in [2.24, 2.45) is 0 Å². The van der Waals surface area contributed by atoms with Crippen molar-refractivity contribution in [3.63, 3.8) is 0 Å². The van der Waals surface area contributed by atoms with Crippen molar-refractivity contribution in [1.29, 1.82) is 0 Å². The Morgan fingerprint density at radius 1 is 1.39 bits per heavy atom. The summed E-state index contributed by atoms with van der Waals surface area (Å²) in [7, 11) is 0. The molecule has 1 aromatic carbocycles. The van der Waals surface area contributed by atoms with E-state index in [4.69, 9.17) is 4.74 Å². The lowest BCUT2D eigenvalue weighted by molar-refractivity contribution is -0.183. The Kier molecular flexibility index (Phi) is 4.88. The fourth-order valence-corrected chi connectivity index (χ4v) is 2.16. The quantitative estimate of drug-likeness (QED) is 0.862. The highest BCUT2D eigenvalue weighted by molar-refractivity contribution is 5.97. The summed E-state index contributed by atoms with van der Waals surface area (Å²) in [5.74, 6) is -2.02. The highest BCUT2D eigenvalue weighted by Crippen LogP contribution is 2.27. The molecule has 9 heteroatoms. The predicted octanol–water partition coefficient (Wildman–Crippen LogP) is 2.20. The highest BCUT2D eigenvalue weighted by Gasteiger charge is 2.45. The monoisotopic (exact) mass is 334 g/mol.